The van der Waals surface area contributed by atoms with Gasteiger partial charge in [0.2, 0.25) is 0 Å². The van der Waals surface area contributed by atoms with Crippen LogP contribution in [0.4, 0.5) is 4.79 Å². The van der Waals surface area contributed by atoms with Crippen LogP contribution < -0.4 is 5.73 Å². The molecule has 0 bridgehead atoms. The molecular formula is C15H28N2O2. The van der Waals surface area contributed by atoms with Gasteiger partial charge in [-0.05, 0) is 50.9 Å². The molecule has 2 N–H and O–H groups in total. The van der Waals surface area contributed by atoms with Crippen LogP contribution in [-0.4, -0.2) is 35.7 Å². The number of ether oxygens (including phenoxy) is 1. The molecule has 4 nitrogen and oxygen atoms in total. The Kier molecular flexibility index (Phi) is 3.37. The van der Waals surface area contributed by atoms with Gasteiger partial charge in [0.15, 0.2) is 0 Å². The van der Waals surface area contributed by atoms with Crippen LogP contribution in [0.25, 0.3) is 0 Å². The van der Waals surface area contributed by atoms with Crippen LogP contribution in [0.2, 0.25) is 0 Å². The Labute approximate surface area is 116 Å². The average Bonchev–Trinajstić information content (AvgIpc) is 2.77. The zero-order valence-electron chi connectivity index (χ0n) is 13.0. The minimum Gasteiger partial charge on any atom is -0.444 e. The van der Waals surface area contributed by atoms with Crippen LogP contribution in [0.3, 0.4) is 0 Å². The summed E-state index contributed by atoms with van der Waals surface area (Å²) in [5, 5.41) is 0. The molecule has 2 atom stereocenters. The van der Waals surface area contributed by atoms with Gasteiger partial charge in [0, 0.05) is 19.1 Å². The molecule has 1 amide bonds. The topological polar surface area (TPSA) is 55.6 Å². The number of carbonyl (C=O) groups excluding carboxylic acids is 1. The number of piperidine rings is 1. The second kappa shape index (κ2) is 4.37. The van der Waals surface area contributed by atoms with E-state index in [0.29, 0.717) is 17.4 Å². The summed E-state index contributed by atoms with van der Waals surface area (Å²) in [6, 6.07) is 0.136. The molecule has 1 spiro atoms. The van der Waals surface area contributed by atoms with Crippen LogP contribution >= 0.6 is 0 Å². The van der Waals surface area contributed by atoms with Crippen LogP contribution in [0.1, 0.15) is 53.9 Å². The summed E-state index contributed by atoms with van der Waals surface area (Å²) in [6.45, 7) is 11.6. The maximum absolute atomic E-state index is 12.4. The Morgan fingerprint density at radius 3 is 2.42 bits per heavy atom. The van der Waals surface area contributed by atoms with Crippen molar-refractivity contribution in [3.63, 3.8) is 0 Å². The van der Waals surface area contributed by atoms with Gasteiger partial charge in [-0.1, -0.05) is 13.8 Å². The summed E-state index contributed by atoms with van der Waals surface area (Å²) in [7, 11) is 0. The molecule has 4 heteroatoms. The second-order valence-electron chi connectivity index (χ2n) is 7.88. The average molecular weight is 268 g/mol. The number of likely N-dealkylation sites (tertiary alicyclic amines) is 1. The van der Waals surface area contributed by atoms with Gasteiger partial charge >= 0.3 is 6.09 Å². The first kappa shape index (κ1) is 14.6. The third-order valence-electron chi connectivity index (χ3n) is 4.86. The molecule has 19 heavy (non-hydrogen) atoms. The number of hydrogen-bond donors (Lipinski definition) is 1. The molecule has 1 heterocycles. The molecule has 0 aromatic carbocycles. The third-order valence-corrected chi connectivity index (χ3v) is 4.86. The van der Waals surface area contributed by atoms with Crippen LogP contribution in [0.5, 0.6) is 0 Å². The quantitative estimate of drug-likeness (QED) is 0.795. The minimum atomic E-state index is -0.445. The van der Waals surface area contributed by atoms with Gasteiger partial charge in [-0.15, -0.1) is 0 Å². The van der Waals surface area contributed by atoms with Gasteiger partial charge in [0.05, 0.1) is 0 Å². The molecule has 0 aromatic heterocycles. The van der Waals surface area contributed by atoms with E-state index < -0.39 is 5.60 Å². The van der Waals surface area contributed by atoms with Crippen molar-refractivity contribution in [3.8, 4) is 0 Å². The van der Waals surface area contributed by atoms with E-state index >= 15 is 0 Å². The Morgan fingerprint density at radius 1 is 1.42 bits per heavy atom. The zero-order valence-corrected chi connectivity index (χ0v) is 13.0. The lowest BCUT2D eigenvalue weighted by atomic mass is 9.84. The van der Waals surface area contributed by atoms with Gasteiger partial charge in [-0.2, -0.15) is 0 Å². The summed E-state index contributed by atoms with van der Waals surface area (Å²) >= 11 is 0. The largest absolute Gasteiger partial charge is 0.444 e. The monoisotopic (exact) mass is 268 g/mol. The number of nitrogens with zero attached hydrogens (tertiary/aromatic N) is 1. The summed E-state index contributed by atoms with van der Waals surface area (Å²) in [6.07, 6.45) is 3.18. The highest BCUT2D eigenvalue weighted by Crippen LogP contribution is 2.67. The van der Waals surface area contributed by atoms with Crippen molar-refractivity contribution < 1.29 is 9.53 Å². The standard InChI is InChI=1S/C15H28N2O2/c1-13(2,3)19-12(18)17-10-15(9-14(15,4)5)7-6-11(17)8-16/h11H,6-10,16H2,1-5H3. The van der Waals surface area contributed by atoms with E-state index in [9.17, 15) is 4.79 Å². The van der Waals surface area contributed by atoms with Crippen molar-refractivity contribution in [2.75, 3.05) is 13.1 Å². The lowest BCUT2D eigenvalue weighted by molar-refractivity contribution is -0.00170. The molecule has 1 aliphatic heterocycles. The predicted octanol–water partition coefficient (Wildman–Crippen LogP) is 2.76. The van der Waals surface area contributed by atoms with Crippen LogP contribution in [-0.2, 0) is 4.74 Å². The summed E-state index contributed by atoms with van der Waals surface area (Å²) in [4.78, 5) is 14.2. The molecule has 0 radical (unpaired) electrons. The Balaban J connectivity index is 2.09. The van der Waals surface area contributed by atoms with E-state index in [1.165, 1.54) is 12.8 Å². The van der Waals surface area contributed by atoms with Crippen molar-refractivity contribution >= 4 is 6.09 Å². The predicted molar refractivity (Wildman–Crippen MR) is 75.8 cm³/mol. The van der Waals surface area contributed by atoms with E-state index in [1.54, 1.807) is 0 Å². The van der Waals surface area contributed by atoms with Gasteiger partial charge in [0.25, 0.3) is 0 Å². The van der Waals surface area contributed by atoms with E-state index in [1.807, 2.05) is 25.7 Å². The number of hydrogen-bond acceptors (Lipinski definition) is 3. The molecule has 1 aliphatic carbocycles. The van der Waals surface area contributed by atoms with E-state index in [0.717, 1.165) is 13.0 Å². The molecule has 2 fully saturated rings. The highest BCUT2D eigenvalue weighted by Gasteiger charge is 2.63. The fraction of sp³-hybridized carbons (Fsp3) is 0.933. The van der Waals surface area contributed by atoms with Gasteiger partial charge < -0.3 is 15.4 Å². The smallest absolute Gasteiger partial charge is 0.410 e. The Bertz CT molecular complexity index is 373. The number of carbonyl (C=O) groups is 1. The van der Waals surface area contributed by atoms with Crippen molar-refractivity contribution in [2.24, 2.45) is 16.6 Å². The highest BCUT2D eigenvalue weighted by molar-refractivity contribution is 5.69. The normalized spacial score (nSPS) is 33.4. The molecule has 1 saturated carbocycles. The van der Waals surface area contributed by atoms with Crippen LogP contribution in [0.15, 0.2) is 0 Å². The van der Waals surface area contributed by atoms with E-state index in [-0.39, 0.29) is 12.1 Å². The first-order valence-corrected chi connectivity index (χ1v) is 7.30. The van der Waals surface area contributed by atoms with E-state index in [4.69, 9.17) is 10.5 Å². The Hall–Kier alpha value is -0.770. The molecule has 1 saturated heterocycles. The molecule has 2 rings (SSSR count). The fourth-order valence-corrected chi connectivity index (χ4v) is 3.41. The fourth-order valence-electron chi connectivity index (χ4n) is 3.41. The first-order valence-electron chi connectivity index (χ1n) is 7.30. The lowest BCUT2D eigenvalue weighted by Crippen LogP contribution is -2.52. The van der Waals surface area contributed by atoms with Crippen molar-refractivity contribution in [1.29, 1.82) is 0 Å². The van der Waals surface area contributed by atoms with E-state index in [2.05, 4.69) is 13.8 Å². The lowest BCUT2D eigenvalue weighted by Gasteiger charge is -2.41. The highest BCUT2D eigenvalue weighted by atomic mass is 16.6. The second-order valence-corrected chi connectivity index (χ2v) is 7.88. The third kappa shape index (κ3) is 2.73. The van der Waals surface area contributed by atoms with Crippen LogP contribution in [0, 0.1) is 10.8 Å². The Morgan fingerprint density at radius 2 is 2.00 bits per heavy atom. The van der Waals surface area contributed by atoms with Gasteiger partial charge in [-0.25, -0.2) is 4.79 Å². The SMILES string of the molecule is CC(C)(C)OC(=O)N1CC2(CCC1CN)CC2(C)C. The summed E-state index contributed by atoms with van der Waals surface area (Å²) < 4.78 is 5.53. The molecule has 0 aromatic rings. The zero-order chi connectivity index (χ0) is 14.5. The maximum Gasteiger partial charge on any atom is 0.410 e. The van der Waals surface area contributed by atoms with Gasteiger partial charge in [-0.3, -0.25) is 0 Å². The number of rotatable bonds is 1. The van der Waals surface area contributed by atoms with Crippen molar-refractivity contribution in [2.45, 2.75) is 65.5 Å². The molecule has 2 aliphatic rings. The van der Waals surface area contributed by atoms with Gasteiger partial charge in [0.1, 0.15) is 5.60 Å². The van der Waals surface area contributed by atoms with Crippen molar-refractivity contribution in [1.82, 2.24) is 4.90 Å². The molecular weight excluding hydrogens is 240 g/mol. The number of nitrogens with two attached hydrogens (primary N) is 1. The molecule has 2 unspecified atom stereocenters. The van der Waals surface area contributed by atoms with Crippen molar-refractivity contribution in [3.05, 3.63) is 0 Å². The maximum atomic E-state index is 12.4. The summed E-state index contributed by atoms with van der Waals surface area (Å²) in [5.41, 5.74) is 6.03. The first-order chi connectivity index (χ1) is 8.60. The number of amides is 1. The minimum absolute atomic E-state index is 0.136. The summed E-state index contributed by atoms with van der Waals surface area (Å²) in [5.74, 6) is 0. The molecule has 110 valence electrons.